The maximum atomic E-state index is 14.4. The zero-order valence-corrected chi connectivity index (χ0v) is 19.3. The maximum Gasteiger partial charge on any atom is 0.336 e. The predicted octanol–water partition coefficient (Wildman–Crippen LogP) is 2.94. The number of thiocarbonyl (C=S) groups is 1. The lowest BCUT2D eigenvalue weighted by molar-refractivity contribution is -0.164. The van der Waals surface area contributed by atoms with Crippen molar-refractivity contribution in [3.63, 3.8) is 0 Å². The maximum absolute atomic E-state index is 14.4. The van der Waals surface area contributed by atoms with Crippen LogP contribution < -0.4 is 15.0 Å². The fraction of sp³-hybridized carbons (Fsp3) is 0.273. The molecule has 0 saturated carbocycles. The van der Waals surface area contributed by atoms with Gasteiger partial charge in [0.25, 0.3) is 5.91 Å². The third kappa shape index (κ3) is 2.34. The molecule has 1 spiro atoms. The minimum atomic E-state index is -2.11. The molecule has 32 heavy (non-hydrogen) atoms. The molecule has 5 rings (SSSR count). The Bertz CT molecular complexity index is 1250. The van der Waals surface area contributed by atoms with Crippen molar-refractivity contribution in [2.75, 3.05) is 18.6 Å². The van der Waals surface area contributed by atoms with Crippen molar-refractivity contribution in [3.05, 3.63) is 57.8 Å². The molecule has 3 aliphatic heterocycles. The predicted molar refractivity (Wildman–Crippen MR) is 119 cm³/mol. The Labute approximate surface area is 196 Å². The highest BCUT2D eigenvalue weighted by atomic mass is 79.9. The minimum absolute atomic E-state index is 0.0133. The molecule has 10 heteroatoms. The Kier molecular flexibility index (Phi) is 4.48. The van der Waals surface area contributed by atoms with Crippen molar-refractivity contribution >= 4 is 56.7 Å². The second kappa shape index (κ2) is 6.82. The van der Waals surface area contributed by atoms with E-state index in [0.29, 0.717) is 15.7 Å². The number of carbonyl (C=O) groups is 3. The number of fused-ring (bicyclic) bond motifs is 6. The first-order chi connectivity index (χ1) is 15.2. The van der Waals surface area contributed by atoms with E-state index >= 15 is 0 Å². The average Bonchev–Trinajstić information content (AvgIpc) is 3.15. The topological polar surface area (TPSA) is 84.9 Å². The van der Waals surface area contributed by atoms with Gasteiger partial charge in [0, 0.05) is 28.3 Å². The number of hydrogen-bond donors (Lipinski definition) is 1. The van der Waals surface area contributed by atoms with Crippen molar-refractivity contribution in [3.8, 4) is 5.75 Å². The van der Waals surface area contributed by atoms with Gasteiger partial charge in [-0.3, -0.25) is 9.59 Å². The van der Waals surface area contributed by atoms with E-state index in [1.807, 2.05) is 0 Å². The van der Waals surface area contributed by atoms with Crippen LogP contribution in [0.2, 0.25) is 0 Å². The fourth-order valence-electron chi connectivity index (χ4n) is 5.05. The van der Waals surface area contributed by atoms with Gasteiger partial charge >= 0.3 is 11.9 Å². The third-order valence-electron chi connectivity index (χ3n) is 6.33. The van der Waals surface area contributed by atoms with Crippen molar-refractivity contribution in [1.29, 1.82) is 0 Å². The van der Waals surface area contributed by atoms with Crippen LogP contribution in [-0.2, 0) is 24.7 Å². The van der Waals surface area contributed by atoms with Gasteiger partial charge in [-0.2, -0.15) is 0 Å². The summed E-state index contributed by atoms with van der Waals surface area (Å²) >= 11 is 8.94. The Balaban J connectivity index is 1.90. The standard InChI is InChI=1S/C22H16BrFN2O5S/c1-3-30-19(28)21-16(12-8-10(23)4-7-15(12)31-20(21)29)22(25-17(21)32)13-9-11(24)5-6-14(13)26(2)18(22)27/h4-9,16H,3H2,1-2H3,(H,25,32)/t16-,21+,22+/m1/s1. The number of amides is 1. The van der Waals surface area contributed by atoms with Crippen LogP contribution in [0.15, 0.2) is 40.9 Å². The molecule has 1 saturated heterocycles. The SMILES string of the molecule is CCOC(=O)[C@]12C(=O)Oc3ccc(Br)cc3[C@H]1[C@]1(NC2=S)C(=O)N(C)c2ccc(F)cc21. The number of rotatable bonds is 2. The summed E-state index contributed by atoms with van der Waals surface area (Å²) in [6.07, 6.45) is 0. The smallest absolute Gasteiger partial charge is 0.336 e. The number of benzene rings is 2. The molecule has 0 aliphatic carbocycles. The molecule has 0 aromatic heterocycles. The number of carbonyl (C=O) groups excluding carboxylic acids is 3. The lowest BCUT2D eigenvalue weighted by Crippen LogP contribution is -2.55. The van der Waals surface area contributed by atoms with Crippen molar-refractivity contribution in [1.82, 2.24) is 5.32 Å². The van der Waals surface area contributed by atoms with Crippen LogP contribution in [0.3, 0.4) is 0 Å². The van der Waals surface area contributed by atoms with E-state index in [9.17, 15) is 18.8 Å². The quantitative estimate of drug-likeness (QED) is 0.283. The van der Waals surface area contributed by atoms with E-state index in [4.69, 9.17) is 21.7 Å². The average molecular weight is 519 g/mol. The Hall–Kier alpha value is -2.85. The van der Waals surface area contributed by atoms with Crippen molar-refractivity contribution < 1.29 is 28.2 Å². The number of ether oxygens (including phenoxy) is 2. The number of likely N-dealkylation sites (N-methyl/N-ethyl adjacent to an activating group) is 1. The normalized spacial score (nSPS) is 27.6. The van der Waals surface area contributed by atoms with E-state index in [-0.39, 0.29) is 22.9 Å². The molecular formula is C22H16BrFN2O5S. The molecule has 3 aliphatic rings. The van der Waals surface area contributed by atoms with Gasteiger partial charge in [-0.05, 0) is 43.3 Å². The zero-order chi connectivity index (χ0) is 23.0. The molecule has 1 amide bonds. The molecule has 0 bridgehead atoms. The van der Waals surface area contributed by atoms with Crippen LogP contribution in [0.25, 0.3) is 0 Å². The first-order valence-electron chi connectivity index (χ1n) is 9.79. The van der Waals surface area contributed by atoms with Gasteiger partial charge in [-0.15, -0.1) is 0 Å². The summed E-state index contributed by atoms with van der Waals surface area (Å²) < 4.78 is 25.8. The minimum Gasteiger partial charge on any atom is -0.465 e. The zero-order valence-electron chi connectivity index (χ0n) is 16.9. The van der Waals surface area contributed by atoms with E-state index in [1.165, 1.54) is 23.1 Å². The first-order valence-corrected chi connectivity index (χ1v) is 11.0. The summed E-state index contributed by atoms with van der Waals surface area (Å²) in [5.74, 6) is -3.87. The van der Waals surface area contributed by atoms with Crippen molar-refractivity contribution in [2.45, 2.75) is 18.4 Å². The summed E-state index contributed by atoms with van der Waals surface area (Å²) in [5.41, 5.74) is -2.68. The lowest BCUT2D eigenvalue weighted by Gasteiger charge is -2.39. The van der Waals surface area contributed by atoms with Gasteiger partial charge in [0.05, 0.1) is 12.5 Å². The summed E-state index contributed by atoms with van der Waals surface area (Å²) in [6, 6.07) is 8.86. The molecule has 2 aromatic carbocycles. The Morgan fingerprint density at radius 3 is 2.78 bits per heavy atom. The van der Waals surface area contributed by atoms with Gasteiger partial charge in [-0.25, -0.2) is 9.18 Å². The molecule has 3 heterocycles. The Morgan fingerprint density at radius 2 is 2.06 bits per heavy atom. The molecule has 0 radical (unpaired) electrons. The number of halogens is 2. The lowest BCUT2D eigenvalue weighted by atomic mass is 9.63. The monoisotopic (exact) mass is 518 g/mol. The van der Waals surface area contributed by atoms with Gasteiger partial charge in [-0.1, -0.05) is 28.1 Å². The van der Waals surface area contributed by atoms with E-state index in [2.05, 4.69) is 21.2 Å². The molecule has 1 N–H and O–H groups in total. The van der Waals surface area contributed by atoms with Crippen molar-refractivity contribution in [2.24, 2.45) is 5.41 Å². The largest absolute Gasteiger partial charge is 0.465 e. The highest BCUT2D eigenvalue weighted by molar-refractivity contribution is 9.10. The van der Waals surface area contributed by atoms with Crippen LogP contribution in [0, 0.1) is 11.2 Å². The highest BCUT2D eigenvalue weighted by Gasteiger charge is 2.77. The van der Waals surface area contributed by atoms with Gasteiger partial charge < -0.3 is 19.7 Å². The highest BCUT2D eigenvalue weighted by Crippen LogP contribution is 2.63. The van der Waals surface area contributed by atoms with E-state index < -0.39 is 40.5 Å². The molecule has 7 nitrogen and oxygen atoms in total. The molecule has 1 fully saturated rings. The molecule has 2 aromatic rings. The summed E-state index contributed by atoms with van der Waals surface area (Å²) in [5, 5.41) is 2.96. The van der Waals surface area contributed by atoms with E-state index in [1.54, 1.807) is 32.2 Å². The fourth-order valence-corrected chi connectivity index (χ4v) is 5.87. The van der Waals surface area contributed by atoms with E-state index in [0.717, 1.165) is 0 Å². The third-order valence-corrected chi connectivity index (χ3v) is 7.24. The number of hydrogen-bond acceptors (Lipinski definition) is 6. The number of nitrogens with one attached hydrogen (secondary N) is 1. The van der Waals surface area contributed by atoms with Crippen LogP contribution in [-0.4, -0.2) is 36.5 Å². The number of esters is 2. The van der Waals surface area contributed by atoms with Gasteiger partial charge in [0.2, 0.25) is 5.41 Å². The number of anilines is 1. The molecule has 3 atom stereocenters. The number of nitrogens with zero attached hydrogens (tertiary/aromatic N) is 1. The summed E-state index contributed by atoms with van der Waals surface area (Å²) in [7, 11) is 1.55. The summed E-state index contributed by atoms with van der Waals surface area (Å²) in [6.45, 7) is 1.59. The molecule has 164 valence electrons. The second-order valence-electron chi connectivity index (χ2n) is 7.82. The summed E-state index contributed by atoms with van der Waals surface area (Å²) in [4.78, 5) is 41.7. The second-order valence-corrected chi connectivity index (χ2v) is 9.14. The van der Waals surface area contributed by atoms with Gasteiger partial charge in [0.1, 0.15) is 16.6 Å². The van der Waals surface area contributed by atoms with Gasteiger partial charge in [0.15, 0.2) is 5.54 Å². The first kappa shape index (κ1) is 21.0. The van der Waals surface area contributed by atoms with Crippen LogP contribution >= 0.6 is 28.1 Å². The van der Waals surface area contributed by atoms with Crippen LogP contribution in [0.4, 0.5) is 10.1 Å². The molecular weight excluding hydrogens is 503 g/mol. The van der Waals surface area contributed by atoms with Crippen LogP contribution in [0.1, 0.15) is 24.0 Å². The van der Waals surface area contributed by atoms with Crippen LogP contribution in [0.5, 0.6) is 5.75 Å². The Morgan fingerprint density at radius 1 is 1.31 bits per heavy atom. The molecule has 0 unspecified atom stereocenters.